The fourth-order valence-corrected chi connectivity index (χ4v) is 4.79. The lowest BCUT2D eigenvalue weighted by Crippen LogP contribution is -2.30. The van der Waals surface area contributed by atoms with Gasteiger partial charge in [-0.3, -0.25) is 4.79 Å². The van der Waals surface area contributed by atoms with Gasteiger partial charge in [0.25, 0.3) is 5.56 Å². The lowest BCUT2D eigenvalue weighted by Gasteiger charge is -2.21. The highest BCUT2D eigenvalue weighted by Gasteiger charge is 2.28. The molecule has 0 spiro atoms. The number of halogens is 1. The Morgan fingerprint density at radius 1 is 1.08 bits per heavy atom. The SMILES string of the molecule is CCc1c(O)c(C(=O)OC)c(=O)n(Cc2ccc(OC)cc2OC)c1-c1ccc2c(c1)c(F)c(CO)n2C. The molecule has 0 saturated carbocycles. The van der Waals surface area contributed by atoms with Crippen LogP contribution in [-0.4, -0.2) is 46.6 Å². The van der Waals surface area contributed by atoms with Gasteiger partial charge in [0.05, 0.1) is 51.4 Å². The van der Waals surface area contributed by atoms with E-state index in [2.05, 4.69) is 0 Å². The van der Waals surface area contributed by atoms with Crippen molar-refractivity contribution >= 4 is 16.9 Å². The molecular weight excluding hydrogens is 495 g/mol. The van der Waals surface area contributed by atoms with Crippen LogP contribution >= 0.6 is 0 Å². The van der Waals surface area contributed by atoms with Crippen LogP contribution in [-0.2, 0) is 31.4 Å². The summed E-state index contributed by atoms with van der Waals surface area (Å²) in [5.74, 6) is -1.03. The number of aromatic nitrogens is 2. The zero-order chi connectivity index (χ0) is 27.7. The highest BCUT2D eigenvalue weighted by Crippen LogP contribution is 2.36. The minimum absolute atomic E-state index is 0.0319. The number of ether oxygens (including phenoxy) is 3. The summed E-state index contributed by atoms with van der Waals surface area (Å²) in [6.07, 6.45) is 0.252. The fourth-order valence-electron chi connectivity index (χ4n) is 4.79. The maximum Gasteiger partial charge on any atom is 0.347 e. The number of methoxy groups -OCH3 is 3. The molecule has 0 aliphatic rings. The van der Waals surface area contributed by atoms with Crippen molar-refractivity contribution in [1.29, 1.82) is 0 Å². The molecule has 0 aliphatic heterocycles. The minimum atomic E-state index is -0.971. The van der Waals surface area contributed by atoms with E-state index < -0.39 is 35.3 Å². The van der Waals surface area contributed by atoms with E-state index in [1.54, 1.807) is 54.9 Å². The van der Waals surface area contributed by atoms with Crippen molar-refractivity contribution in [2.45, 2.75) is 26.5 Å². The number of aliphatic hydroxyl groups excluding tert-OH is 1. The molecule has 4 aromatic rings. The first-order valence-electron chi connectivity index (χ1n) is 11.9. The van der Waals surface area contributed by atoms with Gasteiger partial charge in [-0.05, 0) is 36.2 Å². The zero-order valence-electron chi connectivity index (χ0n) is 21.8. The van der Waals surface area contributed by atoms with E-state index in [0.717, 1.165) is 7.11 Å². The predicted octanol–water partition coefficient (Wildman–Crippen LogP) is 3.76. The fraction of sp³-hybridized carbons (Fsp3) is 0.286. The number of aliphatic hydroxyl groups is 1. The Balaban J connectivity index is 2.07. The Kier molecular flexibility index (Phi) is 7.45. The van der Waals surface area contributed by atoms with Gasteiger partial charge in [0.1, 0.15) is 17.2 Å². The Labute approximate surface area is 218 Å². The lowest BCUT2D eigenvalue weighted by molar-refractivity contribution is 0.0594. The third kappa shape index (κ3) is 4.26. The van der Waals surface area contributed by atoms with E-state index in [-0.39, 0.29) is 24.0 Å². The number of nitrogens with zero attached hydrogens (tertiary/aromatic N) is 2. The molecule has 0 unspecified atom stereocenters. The van der Waals surface area contributed by atoms with Crippen LogP contribution in [0, 0.1) is 5.82 Å². The molecular formula is C28H29FN2O7. The first-order valence-corrected chi connectivity index (χ1v) is 11.9. The van der Waals surface area contributed by atoms with E-state index in [1.165, 1.54) is 18.8 Å². The number of carbonyl (C=O) groups is 1. The highest BCUT2D eigenvalue weighted by atomic mass is 19.1. The topological polar surface area (TPSA) is 112 Å². The lowest BCUT2D eigenvalue weighted by atomic mass is 9.98. The summed E-state index contributed by atoms with van der Waals surface area (Å²) < 4.78 is 33.7. The van der Waals surface area contributed by atoms with Crippen molar-refractivity contribution in [3.8, 4) is 28.5 Å². The average Bonchev–Trinajstić information content (AvgIpc) is 3.17. The minimum Gasteiger partial charge on any atom is -0.506 e. The highest BCUT2D eigenvalue weighted by molar-refractivity contribution is 5.94. The Morgan fingerprint density at radius 3 is 2.42 bits per heavy atom. The van der Waals surface area contributed by atoms with E-state index in [9.17, 15) is 19.8 Å². The van der Waals surface area contributed by atoms with Crippen molar-refractivity contribution < 1.29 is 33.6 Å². The largest absolute Gasteiger partial charge is 0.506 e. The quantitative estimate of drug-likeness (QED) is 0.338. The maximum absolute atomic E-state index is 15.2. The Bertz CT molecular complexity index is 1600. The van der Waals surface area contributed by atoms with Gasteiger partial charge in [0.15, 0.2) is 11.4 Å². The second-order valence-electron chi connectivity index (χ2n) is 8.67. The molecule has 4 rings (SSSR count). The number of rotatable bonds is 8. The van der Waals surface area contributed by atoms with E-state index in [0.29, 0.717) is 39.4 Å². The average molecular weight is 525 g/mol. The van der Waals surface area contributed by atoms with Gasteiger partial charge in [0, 0.05) is 29.6 Å². The normalized spacial score (nSPS) is 11.1. The van der Waals surface area contributed by atoms with E-state index in [4.69, 9.17) is 14.2 Å². The molecule has 0 amide bonds. The van der Waals surface area contributed by atoms with Gasteiger partial charge in [-0.1, -0.05) is 13.0 Å². The molecule has 0 atom stereocenters. The smallest absolute Gasteiger partial charge is 0.347 e. The van der Waals surface area contributed by atoms with Gasteiger partial charge in [-0.15, -0.1) is 0 Å². The number of carbonyl (C=O) groups excluding carboxylic acids is 1. The summed E-state index contributed by atoms with van der Waals surface area (Å²) in [6.45, 7) is 1.26. The monoisotopic (exact) mass is 524 g/mol. The molecule has 0 bridgehead atoms. The van der Waals surface area contributed by atoms with Crippen LogP contribution in [0.1, 0.15) is 34.1 Å². The van der Waals surface area contributed by atoms with Crippen LogP contribution in [0.15, 0.2) is 41.2 Å². The second-order valence-corrected chi connectivity index (χ2v) is 8.67. The first kappa shape index (κ1) is 26.7. The molecule has 10 heteroatoms. The van der Waals surface area contributed by atoms with Crippen molar-refractivity contribution in [3.63, 3.8) is 0 Å². The Hall–Kier alpha value is -4.31. The molecule has 0 aliphatic carbocycles. The standard InChI is InChI=1S/C28H29FN2O7/c1-6-18-25(15-8-10-20-19(11-15)24(29)21(14-32)30(20)2)31(27(34)23(26(18)33)28(35)38-5)13-16-7-9-17(36-3)12-22(16)37-4/h7-12,32-33H,6,13-14H2,1-5H3. The van der Waals surface area contributed by atoms with Crippen LogP contribution < -0.4 is 15.0 Å². The number of esters is 1. The van der Waals surface area contributed by atoms with Crippen molar-refractivity contribution in [2.24, 2.45) is 7.05 Å². The van der Waals surface area contributed by atoms with Gasteiger partial charge in [-0.2, -0.15) is 0 Å². The number of aromatic hydroxyl groups is 1. The van der Waals surface area contributed by atoms with Crippen LogP contribution in [0.3, 0.4) is 0 Å². The van der Waals surface area contributed by atoms with Gasteiger partial charge < -0.3 is 33.6 Å². The summed E-state index contributed by atoms with van der Waals surface area (Å²) in [7, 11) is 5.79. The summed E-state index contributed by atoms with van der Waals surface area (Å²) in [5.41, 5.74) is 1.09. The number of hydrogen-bond acceptors (Lipinski definition) is 7. The summed E-state index contributed by atoms with van der Waals surface area (Å²) in [6, 6.07) is 10.1. The number of benzene rings is 2. The number of pyridine rings is 1. The third-order valence-electron chi connectivity index (χ3n) is 6.78. The molecule has 2 heterocycles. The number of hydrogen-bond donors (Lipinski definition) is 2. The molecule has 0 fully saturated rings. The molecule has 0 saturated heterocycles. The van der Waals surface area contributed by atoms with Crippen LogP contribution in [0.25, 0.3) is 22.2 Å². The summed E-state index contributed by atoms with van der Waals surface area (Å²) in [4.78, 5) is 26.3. The maximum atomic E-state index is 15.2. The van der Waals surface area contributed by atoms with Gasteiger partial charge in [0.2, 0.25) is 0 Å². The predicted molar refractivity (Wildman–Crippen MR) is 140 cm³/mol. The molecule has 9 nitrogen and oxygen atoms in total. The second kappa shape index (κ2) is 10.6. The van der Waals surface area contributed by atoms with Crippen molar-refractivity contribution in [3.05, 3.63) is 75.0 Å². The molecule has 0 radical (unpaired) electrons. The van der Waals surface area contributed by atoms with E-state index in [1.807, 2.05) is 0 Å². The number of fused-ring (bicyclic) bond motifs is 1. The van der Waals surface area contributed by atoms with Crippen molar-refractivity contribution in [1.82, 2.24) is 9.13 Å². The molecule has 200 valence electrons. The van der Waals surface area contributed by atoms with Crippen molar-refractivity contribution in [2.75, 3.05) is 21.3 Å². The van der Waals surface area contributed by atoms with Crippen LogP contribution in [0.5, 0.6) is 17.2 Å². The molecule has 2 aromatic carbocycles. The summed E-state index contributed by atoms with van der Waals surface area (Å²) >= 11 is 0. The molecule has 2 N–H and O–H groups in total. The van der Waals surface area contributed by atoms with Gasteiger partial charge in [-0.25, -0.2) is 9.18 Å². The summed E-state index contributed by atoms with van der Waals surface area (Å²) in [5, 5.41) is 20.9. The Morgan fingerprint density at radius 2 is 1.82 bits per heavy atom. The zero-order valence-corrected chi connectivity index (χ0v) is 21.8. The molecule has 38 heavy (non-hydrogen) atoms. The third-order valence-corrected chi connectivity index (χ3v) is 6.78. The van der Waals surface area contributed by atoms with Crippen LogP contribution in [0.2, 0.25) is 0 Å². The van der Waals surface area contributed by atoms with Gasteiger partial charge >= 0.3 is 5.97 Å². The molecule has 2 aromatic heterocycles. The van der Waals surface area contributed by atoms with E-state index >= 15 is 4.39 Å². The van der Waals surface area contributed by atoms with Crippen LogP contribution in [0.4, 0.5) is 4.39 Å². The number of aryl methyl sites for hydroxylation is 1. The first-order chi connectivity index (χ1) is 18.2.